The first-order chi connectivity index (χ1) is 12.6. The number of rotatable bonds is 3. The molecule has 0 amide bonds. The monoisotopic (exact) mass is 366 g/mol. The molecule has 5 nitrogen and oxygen atoms in total. The molecule has 0 atom stereocenters. The zero-order valence-electron chi connectivity index (χ0n) is 13.9. The summed E-state index contributed by atoms with van der Waals surface area (Å²) in [5.41, 5.74) is 2.93. The molecule has 1 N–H and O–H groups in total. The van der Waals surface area contributed by atoms with Crippen molar-refractivity contribution in [3.05, 3.63) is 65.4 Å². The Kier molecular flexibility index (Phi) is 4.01. The maximum Gasteiger partial charge on any atom is 0.345 e. The van der Waals surface area contributed by atoms with Gasteiger partial charge >= 0.3 is 5.97 Å². The van der Waals surface area contributed by atoms with Gasteiger partial charge in [-0.3, -0.25) is 4.40 Å². The predicted octanol–water partition coefficient (Wildman–Crippen LogP) is 4.69. The van der Waals surface area contributed by atoms with Crippen molar-refractivity contribution in [2.24, 2.45) is 0 Å². The Morgan fingerprint density at radius 3 is 2.85 bits per heavy atom. The minimum atomic E-state index is -0.601. The van der Waals surface area contributed by atoms with Crippen molar-refractivity contribution in [2.75, 3.05) is 6.61 Å². The molecule has 2 aromatic carbocycles. The molecule has 6 heteroatoms. The van der Waals surface area contributed by atoms with Crippen molar-refractivity contribution in [1.82, 2.24) is 9.38 Å². The van der Waals surface area contributed by atoms with E-state index in [-0.39, 0.29) is 17.9 Å². The Morgan fingerprint density at radius 2 is 2.08 bits per heavy atom. The quantitative estimate of drug-likeness (QED) is 0.534. The van der Waals surface area contributed by atoms with Gasteiger partial charge in [0.1, 0.15) is 11.3 Å². The maximum absolute atomic E-state index is 12.4. The Morgan fingerprint density at radius 1 is 1.27 bits per heavy atom. The lowest BCUT2D eigenvalue weighted by Gasteiger charge is -2.14. The second-order valence-corrected chi connectivity index (χ2v) is 6.21. The van der Waals surface area contributed by atoms with E-state index in [0.29, 0.717) is 16.1 Å². The smallest absolute Gasteiger partial charge is 0.345 e. The maximum atomic E-state index is 12.4. The molecule has 0 aliphatic carbocycles. The normalized spacial score (nSPS) is 11.2. The van der Waals surface area contributed by atoms with Crippen LogP contribution in [0.15, 0.2) is 54.9 Å². The summed E-state index contributed by atoms with van der Waals surface area (Å²) in [5.74, 6) is -0.739. The Labute approximate surface area is 154 Å². The number of hydrogen-bond donors (Lipinski definition) is 1. The third-order valence-electron chi connectivity index (χ3n) is 4.25. The molecule has 0 fully saturated rings. The summed E-state index contributed by atoms with van der Waals surface area (Å²) in [6.07, 6.45) is 3.35. The van der Waals surface area contributed by atoms with Gasteiger partial charge in [-0.25, -0.2) is 9.78 Å². The Hall–Kier alpha value is -3.05. The van der Waals surface area contributed by atoms with E-state index < -0.39 is 5.97 Å². The average molecular weight is 367 g/mol. The highest BCUT2D eigenvalue weighted by molar-refractivity contribution is 6.31. The van der Waals surface area contributed by atoms with Gasteiger partial charge in [0.05, 0.1) is 12.1 Å². The van der Waals surface area contributed by atoms with E-state index in [0.717, 1.165) is 16.6 Å². The molecular weight excluding hydrogens is 352 g/mol. The number of hydrogen-bond acceptors (Lipinski definition) is 4. The second-order valence-electron chi connectivity index (χ2n) is 5.78. The van der Waals surface area contributed by atoms with Crippen LogP contribution in [0.2, 0.25) is 5.02 Å². The summed E-state index contributed by atoms with van der Waals surface area (Å²) < 4.78 is 6.89. The number of nitrogens with zero attached hydrogens (tertiary/aromatic N) is 2. The summed E-state index contributed by atoms with van der Waals surface area (Å²) in [7, 11) is 0. The van der Waals surface area contributed by atoms with Crippen LogP contribution in [-0.2, 0) is 4.74 Å². The van der Waals surface area contributed by atoms with Crippen molar-refractivity contribution in [3.8, 4) is 16.9 Å². The molecule has 130 valence electrons. The lowest BCUT2D eigenvalue weighted by Crippen LogP contribution is -2.08. The highest BCUT2D eigenvalue weighted by Crippen LogP contribution is 2.38. The van der Waals surface area contributed by atoms with Crippen LogP contribution in [0.25, 0.3) is 27.7 Å². The fourth-order valence-electron chi connectivity index (χ4n) is 3.18. The van der Waals surface area contributed by atoms with E-state index in [1.54, 1.807) is 35.9 Å². The van der Waals surface area contributed by atoms with Crippen molar-refractivity contribution in [1.29, 1.82) is 0 Å². The van der Waals surface area contributed by atoms with Gasteiger partial charge in [-0.2, -0.15) is 0 Å². The van der Waals surface area contributed by atoms with E-state index in [9.17, 15) is 9.90 Å². The standard InChI is InChI=1S/C20H15ClN2O3/c1-2-26-20(25)16-18(24)15-8-4-7-14(12-5-3-6-13(21)11-12)17(15)23-10-9-22-19(16)23/h3-11,24H,2H2,1H3. The number of aromatic hydroxyl groups is 1. The largest absolute Gasteiger partial charge is 0.506 e. The fourth-order valence-corrected chi connectivity index (χ4v) is 3.37. The molecule has 2 heterocycles. The molecule has 0 saturated heterocycles. The average Bonchev–Trinajstić information content (AvgIpc) is 3.11. The van der Waals surface area contributed by atoms with E-state index in [2.05, 4.69) is 4.98 Å². The van der Waals surface area contributed by atoms with Gasteiger partial charge in [0, 0.05) is 28.4 Å². The molecule has 0 aliphatic rings. The van der Waals surface area contributed by atoms with E-state index in [1.165, 1.54) is 0 Å². The van der Waals surface area contributed by atoms with Gasteiger partial charge in [-0.15, -0.1) is 0 Å². The number of benzene rings is 2. The van der Waals surface area contributed by atoms with Gasteiger partial charge in [-0.05, 0) is 30.7 Å². The van der Waals surface area contributed by atoms with Gasteiger partial charge in [0.2, 0.25) is 0 Å². The van der Waals surface area contributed by atoms with Gasteiger partial charge < -0.3 is 9.84 Å². The number of pyridine rings is 1. The van der Waals surface area contributed by atoms with Crippen LogP contribution in [0.5, 0.6) is 5.75 Å². The number of halogens is 1. The summed E-state index contributed by atoms with van der Waals surface area (Å²) >= 11 is 6.15. The van der Waals surface area contributed by atoms with Crippen molar-refractivity contribution in [2.45, 2.75) is 6.92 Å². The van der Waals surface area contributed by atoms with Crippen LogP contribution in [-0.4, -0.2) is 27.1 Å². The minimum Gasteiger partial charge on any atom is -0.506 e. The van der Waals surface area contributed by atoms with Crippen LogP contribution in [0.4, 0.5) is 0 Å². The number of fused-ring (bicyclic) bond motifs is 3. The van der Waals surface area contributed by atoms with Crippen LogP contribution >= 0.6 is 11.6 Å². The van der Waals surface area contributed by atoms with Crippen molar-refractivity contribution >= 4 is 34.1 Å². The SMILES string of the molecule is CCOC(=O)c1c(O)c2cccc(-c3cccc(Cl)c3)c2n2ccnc12. The number of carbonyl (C=O) groups is 1. The van der Waals surface area contributed by atoms with E-state index >= 15 is 0 Å². The molecule has 0 aliphatic heterocycles. The van der Waals surface area contributed by atoms with E-state index in [1.807, 2.05) is 30.3 Å². The molecule has 26 heavy (non-hydrogen) atoms. The zero-order chi connectivity index (χ0) is 18.3. The van der Waals surface area contributed by atoms with Gasteiger partial charge in [0.15, 0.2) is 5.65 Å². The number of esters is 1. The number of aromatic nitrogens is 2. The molecule has 4 rings (SSSR count). The molecule has 2 aromatic heterocycles. The second kappa shape index (κ2) is 6.35. The number of para-hydroxylation sites is 1. The summed E-state index contributed by atoms with van der Waals surface area (Å²) in [6.45, 7) is 1.93. The first kappa shape index (κ1) is 16.4. The molecule has 0 spiro atoms. The molecule has 0 unspecified atom stereocenters. The van der Waals surface area contributed by atoms with Crippen molar-refractivity contribution in [3.63, 3.8) is 0 Å². The lowest BCUT2D eigenvalue weighted by atomic mass is 10.00. The topological polar surface area (TPSA) is 63.8 Å². The molecule has 4 aromatic rings. The molecule has 0 bridgehead atoms. The highest BCUT2D eigenvalue weighted by atomic mass is 35.5. The molecule has 0 radical (unpaired) electrons. The minimum absolute atomic E-state index is 0.0626. The first-order valence-electron chi connectivity index (χ1n) is 8.15. The third kappa shape index (κ3) is 2.48. The molecular formula is C20H15ClN2O3. The highest BCUT2D eigenvalue weighted by Gasteiger charge is 2.23. The van der Waals surface area contributed by atoms with Crippen molar-refractivity contribution < 1.29 is 14.6 Å². The summed E-state index contributed by atoms with van der Waals surface area (Å²) in [4.78, 5) is 16.6. The number of ether oxygens (including phenoxy) is 1. The van der Waals surface area contributed by atoms with Crippen LogP contribution in [0.3, 0.4) is 0 Å². The zero-order valence-corrected chi connectivity index (χ0v) is 14.7. The predicted molar refractivity (Wildman–Crippen MR) is 101 cm³/mol. The number of carbonyl (C=O) groups excluding carboxylic acids is 1. The first-order valence-corrected chi connectivity index (χ1v) is 8.53. The summed E-state index contributed by atoms with van der Waals surface area (Å²) in [6, 6.07) is 13.0. The van der Waals surface area contributed by atoms with E-state index in [4.69, 9.17) is 16.3 Å². The van der Waals surface area contributed by atoms with Crippen LogP contribution < -0.4 is 0 Å². The number of imidazole rings is 1. The van der Waals surface area contributed by atoms with Gasteiger partial charge in [0.25, 0.3) is 0 Å². The van der Waals surface area contributed by atoms with Crippen LogP contribution in [0.1, 0.15) is 17.3 Å². The van der Waals surface area contributed by atoms with Crippen LogP contribution in [0, 0.1) is 0 Å². The van der Waals surface area contributed by atoms with Gasteiger partial charge in [-0.1, -0.05) is 35.9 Å². The Balaban J connectivity index is 2.12. The Bertz CT molecular complexity index is 1150. The molecule has 0 saturated carbocycles. The third-order valence-corrected chi connectivity index (χ3v) is 4.48. The summed E-state index contributed by atoms with van der Waals surface area (Å²) in [5, 5.41) is 12.0. The fraction of sp³-hybridized carbons (Fsp3) is 0.100. The lowest BCUT2D eigenvalue weighted by molar-refractivity contribution is 0.0525.